The van der Waals surface area contributed by atoms with E-state index < -0.39 is 0 Å². The molecule has 0 radical (unpaired) electrons. The summed E-state index contributed by atoms with van der Waals surface area (Å²) in [4.78, 5) is 19.2. The standard InChI is InChI=1S/C15H19N5O/c1-12-7-18-15(19-8-12)20-6-2-3-13(10-20)11-21-14-9-16-4-5-17-14/h4-5,7-9,13H,2-3,6,10-11H2,1H3. The van der Waals surface area contributed by atoms with Crippen molar-refractivity contribution < 1.29 is 4.74 Å². The molecule has 21 heavy (non-hydrogen) atoms. The van der Waals surface area contributed by atoms with Crippen LogP contribution < -0.4 is 9.64 Å². The number of hydrogen-bond donors (Lipinski definition) is 0. The van der Waals surface area contributed by atoms with Crippen LogP contribution in [0, 0.1) is 12.8 Å². The average Bonchev–Trinajstić information content (AvgIpc) is 2.55. The minimum atomic E-state index is 0.464. The van der Waals surface area contributed by atoms with Crippen molar-refractivity contribution >= 4 is 5.95 Å². The van der Waals surface area contributed by atoms with Crippen molar-refractivity contribution in [3.63, 3.8) is 0 Å². The quantitative estimate of drug-likeness (QED) is 0.854. The zero-order chi connectivity index (χ0) is 14.5. The summed E-state index contributed by atoms with van der Waals surface area (Å²) in [6.45, 7) is 4.58. The van der Waals surface area contributed by atoms with Crippen LogP contribution in [0.25, 0.3) is 0 Å². The lowest BCUT2D eigenvalue weighted by Gasteiger charge is -2.32. The number of piperidine rings is 1. The Kier molecular flexibility index (Phi) is 4.23. The summed E-state index contributed by atoms with van der Waals surface area (Å²) in [5, 5.41) is 0. The molecule has 2 aromatic heterocycles. The molecule has 3 rings (SSSR count). The Morgan fingerprint density at radius 3 is 2.81 bits per heavy atom. The van der Waals surface area contributed by atoms with Gasteiger partial charge in [-0.15, -0.1) is 0 Å². The van der Waals surface area contributed by atoms with E-state index in [1.807, 2.05) is 19.3 Å². The molecular weight excluding hydrogens is 266 g/mol. The Hall–Kier alpha value is -2.24. The third-order valence-corrected chi connectivity index (χ3v) is 3.58. The Balaban J connectivity index is 1.57. The van der Waals surface area contributed by atoms with E-state index in [9.17, 15) is 0 Å². The van der Waals surface area contributed by atoms with Crippen molar-refractivity contribution in [2.24, 2.45) is 5.92 Å². The predicted octanol–water partition coefficient (Wildman–Crippen LogP) is 1.87. The van der Waals surface area contributed by atoms with Crippen LogP contribution in [0.4, 0.5) is 5.95 Å². The Morgan fingerprint density at radius 1 is 1.19 bits per heavy atom. The van der Waals surface area contributed by atoms with E-state index in [4.69, 9.17) is 4.74 Å². The van der Waals surface area contributed by atoms with E-state index in [-0.39, 0.29) is 0 Å². The van der Waals surface area contributed by atoms with Crippen molar-refractivity contribution in [3.05, 3.63) is 36.5 Å². The van der Waals surface area contributed by atoms with Gasteiger partial charge in [-0.3, -0.25) is 4.98 Å². The van der Waals surface area contributed by atoms with Gasteiger partial charge in [0.15, 0.2) is 0 Å². The van der Waals surface area contributed by atoms with Crippen LogP contribution in [0.15, 0.2) is 31.0 Å². The highest BCUT2D eigenvalue weighted by Crippen LogP contribution is 2.20. The minimum absolute atomic E-state index is 0.464. The molecule has 0 N–H and O–H groups in total. The molecule has 1 atom stereocenters. The van der Waals surface area contributed by atoms with Gasteiger partial charge in [-0.1, -0.05) is 0 Å². The second-order valence-corrected chi connectivity index (χ2v) is 5.37. The molecule has 1 saturated heterocycles. The van der Waals surface area contributed by atoms with Gasteiger partial charge in [0.25, 0.3) is 0 Å². The number of anilines is 1. The predicted molar refractivity (Wildman–Crippen MR) is 79.2 cm³/mol. The highest BCUT2D eigenvalue weighted by Gasteiger charge is 2.22. The molecular formula is C15H19N5O. The second-order valence-electron chi connectivity index (χ2n) is 5.37. The molecule has 1 unspecified atom stereocenters. The molecule has 0 spiro atoms. The highest BCUT2D eigenvalue weighted by atomic mass is 16.5. The van der Waals surface area contributed by atoms with E-state index >= 15 is 0 Å². The zero-order valence-electron chi connectivity index (χ0n) is 12.1. The van der Waals surface area contributed by atoms with Gasteiger partial charge in [-0.2, -0.15) is 0 Å². The Morgan fingerprint density at radius 2 is 2.05 bits per heavy atom. The van der Waals surface area contributed by atoms with Gasteiger partial charge < -0.3 is 9.64 Å². The van der Waals surface area contributed by atoms with Gasteiger partial charge in [0.2, 0.25) is 11.8 Å². The first kappa shape index (κ1) is 13.7. The summed E-state index contributed by atoms with van der Waals surface area (Å²) >= 11 is 0. The fourth-order valence-corrected chi connectivity index (χ4v) is 2.50. The van der Waals surface area contributed by atoms with E-state index in [2.05, 4.69) is 24.8 Å². The summed E-state index contributed by atoms with van der Waals surface area (Å²) in [7, 11) is 0. The molecule has 6 heteroatoms. The molecule has 0 amide bonds. The third kappa shape index (κ3) is 3.65. The molecule has 2 aromatic rings. The molecule has 110 valence electrons. The number of ether oxygens (including phenoxy) is 1. The van der Waals surface area contributed by atoms with E-state index in [0.29, 0.717) is 18.4 Å². The molecule has 0 saturated carbocycles. The van der Waals surface area contributed by atoms with E-state index in [1.54, 1.807) is 18.6 Å². The van der Waals surface area contributed by atoms with Crippen LogP contribution in [-0.4, -0.2) is 39.6 Å². The topological polar surface area (TPSA) is 64.0 Å². The lowest BCUT2D eigenvalue weighted by molar-refractivity contribution is 0.220. The van der Waals surface area contributed by atoms with Gasteiger partial charge in [-0.25, -0.2) is 15.0 Å². The molecule has 3 heterocycles. The second kappa shape index (κ2) is 6.47. The summed E-state index contributed by atoms with van der Waals surface area (Å²) in [6, 6.07) is 0. The third-order valence-electron chi connectivity index (χ3n) is 3.58. The maximum absolute atomic E-state index is 5.71. The zero-order valence-corrected chi connectivity index (χ0v) is 12.1. The Labute approximate surface area is 124 Å². The summed E-state index contributed by atoms with van der Waals surface area (Å²) < 4.78 is 5.71. The normalized spacial score (nSPS) is 18.5. The molecule has 0 bridgehead atoms. The van der Waals surface area contributed by atoms with Crippen LogP contribution in [0.5, 0.6) is 5.88 Å². The summed E-state index contributed by atoms with van der Waals surface area (Å²) in [5.74, 6) is 1.86. The van der Waals surface area contributed by atoms with Crippen molar-refractivity contribution in [1.82, 2.24) is 19.9 Å². The lowest BCUT2D eigenvalue weighted by atomic mass is 9.99. The van der Waals surface area contributed by atoms with Crippen LogP contribution in [-0.2, 0) is 0 Å². The molecule has 0 aromatic carbocycles. The fourth-order valence-electron chi connectivity index (χ4n) is 2.50. The number of nitrogens with zero attached hydrogens (tertiary/aromatic N) is 5. The smallest absolute Gasteiger partial charge is 0.232 e. The maximum atomic E-state index is 5.71. The van der Waals surface area contributed by atoms with Crippen LogP contribution in [0.2, 0.25) is 0 Å². The van der Waals surface area contributed by atoms with E-state index in [0.717, 1.165) is 37.4 Å². The number of rotatable bonds is 4. The minimum Gasteiger partial charge on any atom is -0.476 e. The summed E-state index contributed by atoms with van der Waals surface area (Å²) in [5.41, 5.74) is 1.08. The first-order chi connectivity index (χ1) is 10.3. The molecule has 1 fully saturated rings. The monoisotopic (exact) mass is 285 g/mol. The lowest BCUT2D eigenvalue weighted by Crippen LogP contribution is -2.38. The molecule has 6 nitrogen and oxygen atoms in total. The highest BCUT2D eigenvalue weighted by molar-refractivity contribution is 5.30. The van der Waals surface area contributed by atoms with Gasteiger partial charge in [-0.05, 0) is 25.3 Å². The largest absolute Gasteiger partial charge is 0.476 e. The number of hydrogen-bond acceptors (Lipinski definition) is 6. The first-order valence-electron chi connectivity index (χ1n) is 7.23. The Bertz CT molecular complexity index is 560. The van der Waals surface area contributed by atoms with E-state index in [1.165, 1.54) is 0 Å². The SMILES string of the molecule is Cc1cnc(N2CCCC(COc3cnccn3)C2)nc1. The van der Waals surface area contributed by atoms with Crippen LogP contribution in [0.3, 0.4) is 0 Å². The molecule has 1 aliphatic heterocycles. The van der Waals surface area contributed by atoms with Crippen LogP contribution in [0.1, 0.15) is 18.4 Å². The summed E-state index contributed by atoms with van der Waals surface area (Å²) in [6.07, 6.45) is 10.9. The van der Waals surface area contributed by atoms with Crippen molar-refractivity contribution in [3.8, 4) is 5.88 Å². The molecule has 0 aliphatic carbocycles. The maximum Gasteiger partial charge on any atom is 0.232 e. The van der Waals surface area contributed by atoms with Gasteiger partial charge in [0.05, 0.1) is 12.8 Å². The fraction of sp³-hybridized carbons (Fsp3) is 0.467. The first-order valence-corrected chi connectivity index (χ1v) is 7.23. The average molecular weight is 285 g/mol. The van der Waals surface area contributed by atoms with Crippen molar-refractivity contribution in [2.45, 2.75) is 19.8 Å². The van der Waals surface area contributed by atoms with Crippen molar-refractivity contribution in [2.75, 3.05) is 24.6 Å². The van der Waals surface area contributed by atoms with Crippen LogP contribution >= 0.6 is 0 Å². The van der Waals surface area contributed by atoms with Gasteiger partial charge in [0.1, 0.15) is 0 Å². The van der Waals surface area contributed by atoms with Gasteiger partial charge >= 0.3 is 0 Å². The van der Waals surface area contributed by atoms with Crippen molar-refractivity contribution in [1.29, 1.82) is 0 Å². The number of aryl methyl sites for hydroxylation is 1. The molecule has 1 aliphatic rings. The number of aromatic nitrogens is 4. The van der Waals surface area contributed by atoms with Gasteiger partial charge in [0, 0.05) is 43.8 Å².